The molecule has 0 saturated heterocycles. The fourth-order valence-electron chi connectivity index (χ4n) is 2.48. The molecule has 7 nitrogen and oxygen atoms in total. The van der Waals surface area contributed by atoms with Crippen molar-refractivity contribution in [3.63, 3.8) is 0 Å². The van der Waals surface area contributed by atoms with E-state index in [1.165, 1.54) is 11.8 Å². The van der Waals surface area contributed by atoms with Crippen LogP contribution in [0.25, 0.3) is 17.5 Å². The van der Waals surface area contributed by atoms with Gasteiger partial charge in [0.15, 0.2) is 11.0 Å². The fraction of sp³-hybridized carbons (Fsp3) is 0.200. The maximum absolute atomic E-state index is 12.1. The molecule has 0 aliphatic carbocycles. The molecule has 8 heteroatoms. The molecule has 3 aromatic rings. The molecule has 2 aromatic heterocycles. The minimum atomic E-state index is -0.209. The van der Waals surface area contributed by atoms with Gasteiger partial charge in [0.25, 0.3) is 5.91 Å². The molecule has 1 amide bonds. The Morgan fingerprint density at radius 1 is 1.25 bits per heavy atom. The lowest BCUT2D eigenvalue weighted by Crippen LogP contribution is -2.20. The van der Waals surface area contributed by atoms with Crippen LogP contribution in [0.1, 0.15) is 19.6 Å². The van der Waals surface area contributed by atoms with Crippen molar-refractivity contribution in [1.82, 2.24) is 20.2 Å². The van der Waals surface area contributed by atoms with E-state index in [0.717, 1.165) is 29.3 Å². The summed E-state index contributed by atoms with van der Waals surface area (Å²) in [5.74, 6) is 1.52. The molecule has 0 aliphatic heterocycles. The zero-order valence-electron chi connectivity index (χ0n) is 15.7. The number of nitrogens with one attached hydrogen (secondary N) is 1. The highest BCUT2D eigenvalue weighted by Crippen LogP contribution is 2.23. The number of amides is 1. The SMILES string of the molecule is CCn1c(SCC(=O)N/N=C/C(C)=C/c2ccco2)nnc1-c1ccccc1. The van der Waals surface area contributed by atoms with Gasteiger partial charge in [-0.05, 0) is 37.6 Å². The van der Waals surface area contributed by atoms with Crippen LogP contribution >= 0.6 is 11.8 Å². The van der Waals surface area contributed by atoms with Crippen LogP contribution in [-0.2, 0) is 11.3 Å². The number of thioether (sulfide) groups is 1. The second kappa shape index (κ2) is 9.70. The predicted octanol–water partition coefficient (Wildman–Crippen LogP) is 3.86. The lowest BCUT2D eigenvalue weighted by molar-refractivity contribution is -0.118. The van der Waals surface area contributed by atoms with E-state index in [4.69, 9.17) is 4.42 Å². The molecule has 0 unspecified atom stereocenters. The van der Waals surface area contributed by atoms with Gasteiger partial charge < -0.3 is 8.98 Å². The average Bonchev–Trinajstić information content (AvgIpc) is 3.36. The van der Waals surface area contributed by atoms with Crippen molar-refractivity contribution in [3.8, 4) is 11.4 Å². The molecule has 0 bridgehead atoms. The summed E-state index contributed by atoms with van der Waals surface area (Å²) in [5.41, 5.74) is 4.38. The molecule has 1 aromatic carbocycles. The van der Waals surface area contributed by atoms with Crippen LogP contribution in [0.2, 0.25) is 0 Å². The smallest absolute Gasteiger partial charge is 0.250 e. The Morgan fingerprint density at radius 2 is 2.07 bits per heavy atom. The normalized spacial score (nSPS) is 11.9. The van der Waals surface area contributed by atoms with Crippen LogP contribution in [0, 0.1) is 0 Å². The van der Waals surface area contributed by atoms with Crippen LogP contribution in [0.4, 0.5) is 0 Å². The highest BCUT2D eigenvalue weighted by atomic mass is 32.2. The molecule has 144 valence electrons. The number of nitrogens with zero attached hydrogens (tertiary/aromatic N) is 4. The molecule has 28 heavy (non-hydrogen) atoms. The minimum Gasteiger partial charge on any atom is -0.465 e. The minimum absolute atomic E-state index is 0.200. The molecule has 3 rings (SSSR count). The van der Waals surface area contributed by atoms with Crippen LogP contribution in [0.3, 0.4) is 0 Å². The van der Waals surface area contributed by atoms with Crippen molar-refractivity contribution in [2.45, 2.75) is 25.5 Å². The van der Waals surface area contributed by atoms with Crippen LogP contribution in [0.5, 0.6) is 0 Å². The highest BCUT2D eigenvalue weighted by molar-refractivity contribution is 7.99. The number of benzene rings is 1. The summed E-state index contributed by atoms with van der Waals surface area (Å²) < 4.78 is 7.22. The first-order valence-electron chi connectivity index (χ1n) is 8.82. The monoisotopic (exact) mass is 395 g/mol. The first-order chi connectivity index (χ1) is 13.7. The van der Waals surface area contributed by atoms with Gasteiger partial charge in [0.1, 0.15) is 5.76 Å². The van der Waals surface area contributed by atoms with Gasteiger partial charge in [-0.1, -0.05) is 42.1 Å². The van der Waals surface area contributed by atoms with Crippen molar-refractivity contribution in [1.29, 1.82) is 0 Å². The van der Waals surface area contributed by atoms with E-state index in [0.29, 0.717) is 5.16 Å². The number of furan rings is 1. The Kier molecular flexibility index (Phi) is 6.80. The van der Waals surface area contributed by atoms with E-state index in [-0.39, 0.29) is 11.7 Å². The maximum Gasteiger partial charge on any atom is 0.250 e. The van der Waals surface area contributed by atoms with Gasteiger partial charge in [-0.2, -0.15) is 5.10 Å². The highest BCUT2D eigenvalue weighted by Gasteiger charge is 2.14. The molecule has 1 N–H and O–H groups in total. The Morgan fingerprint density at radius 3 is 2.79 bits per heavy atom. The van der Waals surface area contributed by atoms with Gasteiger partial charge in [0.2, 0.25) is 0 Å². The largest absolute Gasteiger partial charge is 0.465 e. The predicted molar refractivity (Wildman–Crippen MR) is 111 cm³/mol. The average molecular weight is 395 g/mol. The third kappa shape index (κ3) is 5.20. The molecule has 0 fully saturated rings. The van der Waals surface area contributed by atoms with Gasteiger partial charge >= 0.3 is 0 Å². The number of aromatic nitrogens is 3. The van der Waals surface area contributed by atoms with Crippen LogP contribution in [0.15, 0.2) is 69.0 Å². The molecule has 0 spiro atoms. The first kappa shape index (κ1) is 19.6. The number of carbonyl (C=O) groups excluding carboxylic acids is 1. The molecule has 0 aliphatic rings. The Balaban J connectivity index is 1.55. The van der Waals surface area contributed by atoms with Gasteiger partial charge in [-0.15, -0.1) is 10.2 Å². The van der Waals surface area contributed by atoms with E-state index in [2.05, 4.69) is 20.7 Å². The number of allylic oxidation sites excluding steroid dienone is 1. The van der Waals surface area contributed by atoms with Gasteiger partial charge in [-0.25, -0.2) is 5.43 Å². The number of rotatable bonds is 8. The lowest BCUT2D eigenvalue weighted by Gasteiger charge is -2.06. The quantitative estimate of drug-likeness (QED) is 0.356. The van der Waals surface area contributed by atoms with E-state index in [1.807, 2.05) is 67.0 Å². The van der Waals surface area contributed by atoms with Gasteiger partial charge in [0, 0.05) is 12.1 Å². The summed E-state index contributed by atoms with van der Waals surface area (Å²) in [6, 6.07) is 13.5. The third-order valence-electron chi connectivity index (χ3n) is 3.77. The molecule has 0 radical (unpaired) electrons. The summed E-state index contributed by atoms with van der Waals surface area (Å²) in [5, 5.41) is 13.2. The molecular weight excluding hydrogens is 374 g/mol. The number of hydrogen-bond acceptors (Lipinski definition) is 6. The number of hydrazone groups is 1. The maximum atomic E-state index is 12.1. The summed E-state index contributed by atoms with van der Waals surface area (Å²) in [4.78, 5) is 12.1. The van der Waals surface area contributed by atoms with E-state index < -0.39 is 0 Å². The third-order valence-corrected chi connectivity index (χ3v) is 4.73. The fourth-order valence-corrected chi connectivity index (χ4v) is 3.28. The van der Waals surface area contributed by atoms with Crippen molar-refractivity contribution in [2.75, 3.05) is 5.75 Å². The summed E-state index contributed by atoms with van der Waals surface area (Å²) in [6.07, 6.45) is 5.01. The van der Waals surface area contributed by atoms with Crippen molar-refractivity contribution in [2.24, 2.45) is 5.10 Å². The Labute approximate surface area is 167 Å². The second-order valence-electron chi connectivity index (χ2n) is 5.90. The standard InChI is InChI=1S/C20H21N5O2S/c1-3-25-19(16-8-5-4-6-9-16)23-24-20(25)28-14-18(26)22-21-13-15(2)12-17-10-7-11-27-17/h4-13H,3,14H2,1-2H3,(H,22,26)/b15-12+,21-13+. The molecule has 2 heterocycles. The van der Waals surface area contributed by atoms with Crippen LogP contribution < -0.4 is 5.43 Å². The van der Waals surface area contributed by atoms with E-state index >= 15 is 0 Å². The number of carbonyl (C=O) groups is 1. The molecule has 0 atom stereocenters. The van der Waals surface area contributed by atoms with Gasteiger partial charge in [0.05, 0.1) is 18.2 Å². The van der Waals surface area contributed by atoms with Crippen molar-refractivity contribution >= 4 is 30.0 Å². The molecule has 0 saturated carbocycles. The molecular formula is C20H21N5O2S. The van der Waals surface area contributed by atoms with Crippen molar-refractivity contribution in [3.05, 3.63) is 60.1 Å². The summed E-state index contributed by atoms with van der Waals surface area (Å²) in [6.45, 7) is 4.62. The van der Waals surface area contributed by atoms with Crippen LogP contribution in [-0.4, -0.2) is 32.6 Å². The zero-order valence-corrected chi connectivity index (χ0v) is 16.5. The second-order valence-corrected chi connectivity index (χ2v) is 6.84. The van der Waals surface area contributed by atoms with Crippen molar-refractivity contribution < 1.29 is 9.21 Å². The summed E-state index contributed by atoms with van der Waals surface area (Å²) >= 11 is 1.33. The Bertz CT molecular complexity index is 962. The van der Waals surface area contributed by atoms with E-state index in [9.17, 15) is 4.79 Å². The van der Waals surface area contributed by atoms with Gasteiger partial charge in [-0.3, -0.25) is 4.79 Å². The topological polar surface area (TPSA) is 85.3 Å². The Hall–Kier alpha value is -3.13. The summed E-state index contributed by atoms with van der Waals surface area (Å²) in [7, 11) is 0. The lowest BCUT2D eigenvalue weighted by atomic mass is 10.2. The van der Waals surface area contributed by atoms with E-state index in [1.54, 1.807) is 12.5 Å². The first-order valence-corrected chi connectivity index (χ1v) is 9.81. The zero-order chi connectivity index (χ0) is 19.8. The number of hydrogen-bond donors (Lipinski definition) is 1.